The molecule has 5 aliphatic carbocycles. The van der Waals surface area contributed by atoms with Crippen molar-refractivity contribution in [3.05, 3.63) is 130 Å². The molecule has 0 aromatic heterocycles. The topological polar surface area (TPSA) is 287 Å². The number of methoxy groups -OCH3 is 1. The quantitative estimate of drug-likeness (QED) is 0.0116. The fourth-order valence-corrected chi connectivity index (χ4v) is 29.5. The summed E-state index contributed by atoms with van der Waals surface area (Å²) < 4.78 is 134. The van der Waals surface area contributed by atoms with Crippen molar-refractivity contribution < 1.29 is 104 Å². The molecule has 3 aromatic carbocycles. The Labute approximate surface area is 786 Å². The van der Waals surface area contributed by atoms with Crippen LogP contribution in [0.25, 0.3) is 10.4 Å². The Morgan fingerprint density at radius 2 is 1.17 bits per heavy atom. The van der Waals surface area contributed by atoms with Crippen LogP contribution < -0.4 is 5.32 Å². The summed E-state index contributed by atoms with van der Waals surface area (Å²) in [6.45, 7) is 49.1. The van der Waals surface area contributed by atoms with Gasteiger partial charge in [-0.2, -0.15) is 0 Å². The molecule has 26 nitrogen and oxygen atoms in total. The third-order valence-corrected chi connectivity index (χ3v) is 40.2. The number of hydrogen-bond donors (Lipinski definition) is 1. The molecule has 3 aromatic rings. The minimum atomic E-state index is -2.27. The number of Topliss-reactive ketones (excluding diaryl/α,β-unsaturated/α-hetero) is 1. The van der Waals surface area contributed by atoms with E-state index in [1.54, 1.807) is 14.0 Å². The van der Waals surface area contributed by atoms with Gasteiger partial charge in [-0.05, 0) is 195 Å². The number of alkyl carbamates (subject to hydrolysis) is 1. The van der Waals surface area contributed by atoms with Gasteiger partial charge in [0.1, 0.15) is 49.0 Å². The molecule has 7 aliphatic heterocycles. The first-order valence-electron chi connectivity index (χ1n) is 50.2. The SMILES string of the molecule is CCC1O[C@@H](OC2[C@H](O[C@H]3CCC4(C)C5CC=C6C7CC(C)(C)CC[C@]7(NC(=O)O[C@@H]7OC(COCc8ccccc8)[C@H](N=[N+]=[N-])C(C)C7O[C@@H]7OC(C)[C@H](O[C@@H]8OC[C@@H](OCc9ccccc9)C(OCc9ccccc9)C8C)C8OC(C)(C)OC87)C(OC)C[C@@]6(C)[C@@]5(C)CC[C@H]4[C@@]3(C)C=O)OC(C(C)=O)[C@@H](C)[C@@H]2O[C@@H]2OC[C@@H](C)[C@@H](C)C2C)C(O[Si](CC)(CC)CC)[C@@H](C)[C@@H]1C. The van der Waals surface area contributed by atoms with Crippen molar-refractivity contribution >= 4 is 26.5 Å². The second kappa shape index (κ2) is 41.3. The lowest BCUT2D eigenvalue weighted by Gasteiger charge is -2.72. The van der Waals surface area contributed by atoms with Gasteiger partial charge in [-0.1, -0.05) is 232 Å². The Morgan fingerprint density at radius 3 is 1.81 bits per heavy atom. The zero-order chi connectivity index (χ0) is 94.5. The number of carbonyl (C=O) groups is 3. The minimum Gasteiger partial charge on any atom is -0.417 e. The van der Waals surface area contributed by atoms with E-state index in [0.29, 0.717) is 45.0 Å². The van der Waals surface area contributed by atoms with Gasteiger partial charge >= 0.3 is 6.09 Å². The predicted molar refractivity (Wildman–Crippen MR) is 499 cm³/mol. The molecule has 0 radical (unpaired) electrons. The Kier molecular flexibility index (Phi) is 31.7. The summed E-state index contributed by atoms with van der Waals surface area (Å²) in [4.78, 5) is 48.7. The number of ether oxygens (including phenoxy) is 18. The van der Waals surface area contributed by atoms with E-state index in [9.17, 15) is 15.1 Å². The number of ketones is 1. The number of aldehydes is 1. The van der Waals surface area contributed by atoms with E-state index in [0.717, 1.165) is 79.8 Å². The molecule has 132 heavy (non-hydrogen) atoms. The highest BCUT2D eigenvalue weighted by molar-refractivity contribution is 6.73. The number of azide groups is 1. The first kappa shape index (κ1) is 101. The molecule has 7 heterocycles. The van der Waals surface area contributed by atoms with Crippen LogP contribution in [0.2, 0.25) is 18.1 Å². The fraction of sp³-hybridized carbons (Fsp3) is 0.781. The lowest BCUT2D eigenvalue weighted by molar-refractivity contribution is -0.376. The van der Waals surface area contributed by atoms with Crippen LogP contribution in [0.15, 0.2) is 108 Å². The van der Waals surface area contributed by atoms with Gasteiger partial charge in [-0.3, -0.25) is 4.79 Å². The number of nitrogens with zero attached hydrogens (tertiary/aromatic N) is 3. The van der Waals surface area contributed by atoms with Crippen molar-refractivity contribution in [3.8, 4) is 0 Å². The summed E-state index contributed by atoms with van der Waals surface area (Å²) in [5.74, 6) is -2.16. The largest absolute Gasteiger partial charge is 0.417 e. The molecular weight excluding hydrogens is 1700 g/mol. The second-order valence-electron chi connectivity index (χ2n) is 44.1. The van der Waals surface area contributed by atoms with Gasteiger partial charge in [-0.25, -0.2) is 4.79 Å². The number of amides is 1. The molecule has 1 amide bonds. The third kappa shape index (κ3) is 19.8. The molecule has 0 bridgehead atoms. The maximum atomic E-state index is 16.1. The maximum absolute atomic E-state index is 16.1. The summed E-state index contributed by atoms with van der Waals surface area (Å²) in [6.07, 6.45) is -6.24. The summed E-state index contributed by atoms with van der Waals surface area (Å²) in [5, 5.41) is 8.03. The van der Waals surface area contributed by atoms with E-state index in [1.165, 1.54) is 11.9 Å². The number of carbonyl (C=O) groups excluding carboxylic acids is 3. The number of benzene rings is 3. The van der Waals surface area contributed by atoms with Crippen molar-refractivity contribution in [2.24, 2.45) is 97.3 Å². The highest BCUT2D eigenvalue weighted by Gasteiger charge is 2.73. The van der Waals surface area contributed by atoms with E-state index in [2.05, 4.69) is 132 Å². The lowest BCUT2D eigenvalue weighted by Crippen LogP contribution is -2.73. The zero-order valence-electron chi connectivity index (χ0n) is 83.1. The molecule has 4 saturated carbocycles. The van der Waals surface area contributed by atoms with Crippen LogP contribution in [0.3, 0.4) is 0 Å². The van der Waals surface area contributed by atoms with Crippen LogP contribution in [0.4, 0.5) is 4.79 Å². The van der Waals surface area contributed by atoms with Crippen LogP contribution in [0.1, 0.15) is 233 Å². The molecule has 17 unspecified atom stereocenters. The molecule has 7 saturated heterocycles. The Bertz CT molecular complexity index is 4410. The highest BCUT2D eigenvalue weighted by atomic mass is 28.4. The van der Waals surface area contributed by atoms with Crippen molar-refractivity contribution in [2.75, 3.05) is 26.9 Å². The summed E-state index contributed by atoms with van der Waals surface area (Å²) in [5.41, 5.74) is 11.4. The predicted octanol–water partition coefficient (Wildman–Crippen LogP) is 19.7. The maximum Gasteiger partial charge on any atom is 0.410 e. The molecule has 734 valence electrons. The molecule has 27 heteroatoms. The Hall–Kier alpha value is -5.18. The number of nitrogens with one attached hydrogen (secondary N) is 1. The summed E-state index contributed by atoms with van der Waals surface area (Å²) >= 11 is 0. The van der Waals surface area contributed by atoms with E-state index in [-0.39, 0.29) is 95.3 Å². The van der Waals surface area contributed by atoms with Crippen LogP contribution in [-0.4, -0.2) is 200 Å². The smallest absolute Gasteiger partial charge is 0.410 e. The van der Waals surface area contributed by atoms with Crippen molar-refractivity contribution in [1.82, 2.24) is 5.32 Å². The fourth-order valence-electron chi connectivity index (χ4n) is 26.6. The molecular formula is C105H158N4O22Si. The molecule has 11 fully saturated rings. The molecule has 12 aliphatic rings. The molecule has 0 spiro atoms. The zero-order valence-corrected chi connectivity index (χ0v) is 84.1. The average Bonchev–Trinajstić information content (AvgIpc) is 0.714. The Balaban J connectivity index is 0.701. The number of allylic oxidation sites excluding steroid dienone is 1. The van der Waals surface area contributed by atoms with Crippen molar-refractivity contribution in [1.29, 1.82) is 0 Å². The van der Waals surface area contributed by atoms with Crippen molar-refractivity contribution in [2.45, 2.75) is 401 Å². The van der Waals surface area contributed by atoms with Gasteiger partial charge in [-0.15, -0.1) is 0 Å². The van der Waals surface area contributed by atoms with Gasteiger partial charge in [0.2, 0.25) is 6.29 Å². The Morgan fingerprint density at radius 1 is 0.568 bits per heavy atom. The first-order chi connectivity index (χ1) is 62.9. The number of hydrogen-bond acceptors (Lipinski definition) is 23. The lowest BCUT2D eigenvalue weighted by atomic mass is 9.34. The van der Waals surface area contributed by atoms with Gasteiger partial charge in [0, 0.05) is 35.7 Å². The standard InChI is InChI=1S/C105H158N4O22Si/c1-24-75-62(7)63(8)87(131-132(25-2,26-3)27-4)95(120-75)127-90-85(124-92-64(9)61(6)60(5)53-117-92)66(11)83(68(13)111)123-96(90)122-80-46-47-101(19)78(102(80,20)59-110)45-48-103(21)79(101)44-43-73-74-51-99(15,16)49-50-105(74,81(113-23)52-104(73,103)22)107-98(112)128-94-86(65(10)82(108-109-106)76(121-94)57-114-54-70-37-31-28-32-38-70)125-97-91-89(129-100(17,18)130-91)88(69(14)119-97)126-93-67(12)84(116-56-72-41-35-30-36-42-72)77(58-118-93)115-55-71-39-33-29-34-40-71/h28-43,59-67,69,74-97H,24-27,44-58H2,1-23H3,(H,107,112)/t60-,61-,62+,63+,64?,65?,66-,67?,69?,74?,75?,76?,77-,78-,79?,80+,81?,82-,83?,84?,85+,86?,87?,88+,89?,90?,91?,92+,93+,94+,95+,96-,97+,101?,102-,103+,104-,105-/m1/s1. The average molecular weight is 1860 g/mol. The van der Waals surface area contributed by atoms with Gasteiger partial charge < -0.3 is 99.8 Å². The monoisotopic (exact) mass is 1860 g/mol. The molecule has 15 rings (SSSR count). The van der Waals surface area contributed by atoms with Crippen molar-refractivity contribution in [3.63, 3.8) is 0 Å². The number of fused-ring (bicyclic) bond motifs is 8. The van der Waals surface area contributed by atoms with Gasteiger partial charge in [0.05, 0.1) is 105 Å². The normalized spacial score (nSPS) is 44.0. The van der Waals surface area contributed by atoms with Crippen LogP contribution in [0, 0.1) is 92.2 Å². The minimum absolute atomic E-state index is 0.0168. The van der Waals surface area contributed by atoms with Crippen LogP contribution in [-0.2, 0) is 119 Å². The van der Waals surface area contributed by atoms with Crippen LogP contribution >= 0.6 is 0 Å². The molecule has 1 N–H and O–H groups in total. The van der Waals surface area contributed by atoms with E-state index in [1.807, 2.05) is 126 Å². The second-order valence-corrected chi connectivity index (χ2v) is 48.8. The van der Waals surface area contributed by atoms with Gasteiger partial charge in [0.15, 0.2) is 51.3 Å². The molecule has 38 atom stereocenters. The van der Waals surface area contributed by atoms with Crippen LogP contribution in [0.5, 0.6) is 0 Å². The summed E-state index contributed by atoms with van der Waals surface area (Å²) in [6, 6.07) is 31.9. The third-order valence-electron chi connectivity index (χ3n) is 35.5. The number of rotatable bonds is 32. The van der Waals surface area contributed by atoms with E-state index >= 15 is 4.79 Å². The van der Waals surface area contributed by atoms with E-state index in [4.69, 9.17) is 89.7 Å². The highest BCUT2D eigenvalue weighted by Crippen LogP contribution is 2.75. The van der Waals surface area contributed by atoms with E-state index < -0.39 is 178 Å². The van der Waals surface area contributed by atoms with Gasteiger partial charge in [0.25, 0.3) is 0 Å². The summed E-state index contributed by atoms with van der Waals surface area (Å²) in [7, 11) is -0.496. The first-order valence-corrected chi connectivity index (χ1v) is 52.7.